The maximum atomic E-state index is 11.5. The van der Waals surface area contributed by atoms with Crippen LogP contribution >= 0.6 is 0 Å². The highest BCUT2D eigenvalue weighted by atomic mass is 28.4. The van der Waals surface area contributed by atoms with E-state index in [-0.39, 0.29) is 11.5 Å². The lowest BCUT2D eigenvalue weighted by atomic mass is 9.82. The maximum absolute atomic E-state index is 11.5. The van der Waals surface area contributed by atoms with E-state index in [9.17, 15) is 5.11 Å². The van der Waals surface area contributed by atoms with Crippen molar-refractivity contribution in [2.45, 2.75) is 85.2 Å². The average molecular weight is 363 g/mol. The monoisotopic (exact) mass is 362 g/mol. The van der Waals surface area contributed by atoms with Gasteiger partial charge in [-0.25, -0.2) is 0 Å². The molecule has 0 aliphatic carbocycles. The molecule has 0 aliphatic heterocycles. The van der Waals surface area contributed by atoms with Crippen molar-refractivity contribution in [2.24, 2.45) is 5.41 Å². The second-order valence-electron chi connectivity index (χ2n) is 8.49. The molecule has 0 saturated heterocycles. The van der Waals surface area contributed by atoms with Crippen LogP contribution in [0.4, 0.5) is 0 Å². The number of aliphatic hydroxyl groups is 1. The Kier molecular flexibility index (Phi) is 7.66. The van der Waals surface area contributed by atoms with E-state index < -0.39 is 13.9 Å². The molecular weight excluding hydrogens is 324 g/mol. The predicted octanol–water partition coefficient (Wildman–Crippen LogP) is 6.49. The van der Waals surface area contributed by atoms with E-state index in [1.165, 1.54) is 0 Å². The summed E-state index contributed by atoms with van der Waals surface area (Å²) in [5.41, 5.74) is 1.01. The Balaban J connectivity index is 3.39. The van der Waals surface area contributed by atoms with Crippen LogP contribution in [0.15, 0.2) is 42.0 Å². The first-order valence-electron chi connectivity index (χ1n) is 9.66. The van der Waals surface area contributed by atoms with Crippen LogP contribution in [0.3, 0.4) is 0 Å². The molecule has 25 heavy (non-hydrogen) atoms. The maximum Gasteiger partial charge on any atom is 0.193 e. The Morgan fingerprint density at radius 3 is 1.92 bits per heavy atom. The Labute approximate surface area is 156 Å². The summed E-state index contributed by atoms with van der Waals surface area (Å²) in [4.78, 5) is 0. The smallest absolute Gasteiger partial charge is 0.193 e. The highest BCUT2D eigenvalue weighted by Gasteiger charge is 2.42. The van der Waals surface area contributed by atoms with Gasteiger partial charge in [-0.15, -0.1) is 0 Å². The van der Waals surface area contributed by atoms with E-state index in [0.717, 1.165) is 29.3 Å². The molecule has 2 atom stereocenters. The normalized spacial score (nSPS) is 17.2. The summed E-state index contributed by atoms with van der Waals surface area (Å²) in [5.74, 6) is 0. The zero-order chi connectivity index (χ0) is 19.3. The van der Waals surface area contributed by atoms with Crippen molar-refractivity contribution in [3.8, 4) is 0 Å². The third kappa shape index (κ3) is 5.80. The molecule has 0 radical (unpaired) electrons. The van der Waals surface area contributed by atoms with Gasteiger partial charge in [0.15, 0.2) is 8.32 Å². The second kappa shape index (κ2) is 8.66. The molecule has 1 rings (SSSR count). The van der Waals surface area contributed by atoms with Gasteiger partial charge in [0.05, 0.1) is 0 Å². The molecule has 0 aliphatic rings. The number of allylic oxidation sites excluding steroid dienone is 1. The summed E-state index contributed by atoms with van der Waals surface area (Å²) in [5, 5.41) is 11.5. The van der Waals surface area contributed by atoms with Gasteiger partial charge in [-0.05, 0) is 48.5 Å². The van der Waals surface area contributed by atoms with Gasteiger partial charge in [-0.2, -0.15) is 0 Å². The van der Waals surface area contributed by atoms with Crippen LogP contribution in [0.2, 0.25) is 18.1 Å². The fourth-order valence-corrected chi connectivity index (χ4v) is 6.25. The molecule has 0 spiro atoms. The summed E-state index contributed by atoms with van der Waals surface area (Å²) < 4.78 is 6.82. The van der Waals surface area contributed by atoms with Crippen LogP contribution in [0.5, 0.6) is 0 Å². The zero-order valence-electron chi connectivity index (χ0n) is 17.5. The molecule has 1 aromatic rings. The van der Waals surface area contributed by atoms with Crippen LogP contribution in [0.25, 0.3) is 0 Å². The topological polar surface area (TPSA) is 29.5 Å². The third-order valence-electron chi connectivity index (χ3n) is 5.36. The zero-order valence-corrected chi connectivity index (χ0v) is 18.5. The Hall–Kier alpha value is -0.903. The number of benzene rings is 1. The average Bonchev–Trinajstić information content (AvgIpc) is 2.56. The molecular formula is C22H38O2Si. The lowest BCUT2D eigenvalue weighted by molar-refractivity contribution is -0.0282. The molecule has 0 fully saturated rings. The van der Waals surface area contributed by atoms with E-state index in [2.05, 4.69) is 59.8 Å². The van der Waals surface area contributed by atoms with Gasteiger partial charge in [-0.3, -0.25) is 0 Å². The van der Waals surface area contributed by atoms with E-state index in [0.29, 0.717) is 0 Å². The summed E-state index contributed by atoms with van der Waals surface area (Å²) in [6, 6.07) is 13.4. The van der Waals surface area contributed by atoms with E-state index in [4.69, 9.17) is 4.43 Å². The SMILES string of the molecule is CC[Si](CC)(CC)O[C@@H](c1ccccc1)[C@@](C)(O)/C(C)=C/C(C)(C)C. The fraction of sp³-hybridized carbons (Fsp3) is 0.636. The van der Waals surface area contributed by atoms with Crippen molar-refractivity contribution >= 4 is 8.32 Å². The number of hydrogen-bond donors (Lipinski definition) is 1. The summed E-state index contributed by atoms with van der Waals surface area (Å²) in [7, 11) is -1.86. The molecule has 1 aromatic carbocycles. The molecule has 0 amide bonds. The molecule has 0 heterocycles. The lowest BCUT2D eigenvalue weighted by Crippen LogP contribution is -2.45. The summed E-state index contributed by atoms with van der Waals surface area (Å²) in [6.07, 6.45) is 1.83. The molecule has 2 nitrogen and oxygen atoms in total. The first-order chi connectivity index (χ1) is 11.5. The van der Waals surface area contributed by atoms with Crippen LogP contribution in [0.1, 0.15) is 67.1 Å². The molecule has 0 unspecified atom stereocenters. The van der Waals surface area contributed by atoms with Gasteiger partial charge in [0, 0.05) is 0 Å². The highest BCUT2D eigenvalue weighted by molar-refractivity contribution is 6.73. The van der Waals surface area contributed by atoms with Crippen molar-refractivity contribution in [1.82, 2.24) is 0 Å². The van der Waals surface area contributed by atoms with Gasteiger partial charge in [0.2, 0.25) is 0 Å². The molecule has 3 heteroatoms. The minimum Gasteiger partial charge on any atom is -0.407 e. The Bertz CT molecular complexity index is 543. The van der Waals surface area contributed by atoms with E-state index in [1.54, 1.807) is 0 Å². The fourth-order valence-electron chi connectivity index (χ4n) is 3.39. The van der Waals surface area contributed by atoms with Crippen LogP contribution < -0.4 is 0 Å². The Morgan fingerprint density at radius 1 is 1.04 bits per heavy atom. The van der Waals surface area contributed by atoms with Crippen molar-refractivity contribution in [3.63, 3.8) is 0 Å². The summed E-state index contributed by atoms with van der Waals surface area (Å²) >= 11 is 0. The second-order valence-corrected chi connectivity index (χ2v) is 13.2. The predicted molar refractivity (Wildman–Crippen MR) is 111 cm³/mol. The molecule has 1 N–H and O–H groups in total. The molecule has 142 valence electrons. The van der Waals surface area contributed by atoms with Crippen molar-refractivity contribution in [3.05, 3.63) is 47.5 Å². The Morgan fingerprint density at radius 2 is 1.52 bits per heavy atom. The molecule has 0 aromatic heterocycles. The van der Waals surface area contributed by atoms with Gasteiger partial charge in [0.25, 0.3) is 0 Å². The molecule has 0 bridgehead atoms. The van der Waals surface area contributed by atoms with Gasteiger partial charge in [-0.1, -0.05) is 78.0 Å². The van der Waals surface area contributed by atoms with Crippen LogP contribution in [-0.4, -0.2) is 19.0 Å². The number of hydrogen-bond acceptors (Lipinski definition) is 2. The van der Waals surface area contributed by atoms with Crippen molar-refractivity contribution in [1.29, 1.82) is 0 Å². The van der Waals surface area contributed by atoms with Gasteiger partial charge >= 0.3 is 0 Å². The van der Waals surface area contributed by atoms with Crippen LogP contribution in [-0.2, 0) is 4.43 Å². The first-order valence-corrected chi connectivity index (χ1v) is 12.2. The quantitative estimate of drug-likeness (QED) is 0.423. The number of rotatable bonds is 8. The first kappa shape index (κ1) is 22.1. The third-order valence-corrected chi connectivity index (χ3v) is 9.96. The highest BCUT2D eigenvalue weighted by Crippen LogP contribution is 2.40. The summed E-state index contributed by atoms with van der Waals surface area (Å²) in [6.45, 7) is 17.1. The largest absolute Gasteiger partial charge is 0.407 e. The minimum absolute atomic E-state index is 0.0180. The van der Waals surface area contributed by atoms with Gasteiger partial charge < -0.3 is 9.53 Å². The van der Waals surface area contributed by atoms with Crippen LogP contribution in [0, 0.1) is 5.41 Å². The van der Waals surface area contributed by atoms with E-state index in [1.807, 2.05) is 32.0 Å². The van der Waals surface area contributed by atoms with Gasteiger partial charge in [0.1, 0.15) is 11.7 Å². The molecule has 0 saturated carbocycles. The standard InChI is InChI=1S/C22H38O2Si/c1-9-25(10-2,11-3)24-20(19-15-13-12-14-16-19)22(8,23)18(4)17-21(5,6)7/h12-17,20,23H,9-11H2,1-8H3/b18-17+/t20-,22-/m0/s1. The van der Waals surface area contributed by atoms with E-state index >= 15 is 0 Å². The van der Waals surface area contributed by atoms with Crippen molar-refractivity contribution in [2.75, 3.05) is 0 Å². The minimum atomic E-state index is -1.86. The lowest BCUT2D eigenvalue weighted by Gasteiger charge is -2.41. The van der Waals surface area contributed by atoms with Crippen molar-refractivity contribution < 1.29 is 9.53 Å².